The summed E-state index contributed by atoms with van der Waals surface area (Å²) in [5.74, 6) is 0.273. The van der Waals surface area contributed by atoms with Crippen LogP contribution in [0.1, 0.15) is 52.0 Å². The first-order valence-corrected chi connectivity index (χ1v) is 8.99. The van der Waals surface area contributed by atoms with Crippen LogP contribution in [0.25, 0.3) is 0 Å². The monoisotopic (exact) mass is 308 g/mol. The zero-order chi connectivity index (χ0) is 15.8. The van der Waals surface area contributed by atoms with E-state index in [4.69, 9.17) is 0 Å². The van der Waals surface area contributed by atoms with Gasteiger partial charge >= 0.3 is 0 Å². The lowest BCUT2D eigenvalue weighted by Gasteiger charge is -2.16. The lowest BCUT2D eigenvalue weighted by atomic mass is 10.1. The predicted octanol–water partition coefficient (Wildman–Crippen LogP) is 4.58. The molecule has 0 spiro atoms. The Morgan fingerprint density at radius 3 is 2.38 bits per heavy atom. The van der Waals surface area contributed by atoms with Gasteiger partial charge in [0, 0.05) is 9.80 Å². The van der Waals surface area contributed by atoms with Crippen molar-refractivity contribution >= 4 is 10.8 Å². The second-order valence-corrected chi connectivity index (χ2v) is 7.39. The van der Waals surface area contributed by atoms with E-state index in [2.05, 4.69) is 6.92 Å². The van der Waals surface area contributed by atoms with Gasteiger partial charge in [-0.3, -0.25) is 0 Å². The number of unbranched alkanes of at least 4 members (excludes halogenated alkanes) is 2. The van der Waals surface area contributed by atoms with E-state index >= 15 is 0 Å². The van der Waals surface area contributed by atoms with Gasteiger partial charge in [-0.2, -0.15) is 0 Å². The van der Waals surface area contributed by atoms with E-state index in [1.54, 1.807) is 0 Å². The van der Waals surface area contributed by atoms with Crippen molar-refractivity contribution in [3.05, 3.63) is 40.8 Å². The van der Waals surface area contributed by atoms with Crippen LogP contribution in [0.3, 0.4) is 0 Å². The molecule has 0 bridgehead atoms. The van der Waals surface area contributed by atoms with E-state index < -0.39 is 16.9 Å². The largest absolute Gasteiger partial charge is 0.388 e. The smallest absolute Gasteiger partial charge is 0.0874 e. The third kappa shape index (κ3) is 6.15. The molecule has 0 saturated heterocycles. The molecule has 2 nitrogen and oxygen atoms in total. The van der Waals surface area contributed by atoms with Crippen molar-refractivity contribution in [2.75, 3.05) is 0 Å². The topological polar surface area (TPSA) is 37.3 Å². The lowest BCUT2D eigenvalue weighted by molar-refractivity contribution is 0.203. The predicted molar refractivity (Wildman–Crippen MR) is 90.7 cm³/mol. The fraction of sp³-hybridized carbons (Fsp3) is 0.556. The highest BCUT2D eigenvalue weighted by Crippen LogP contribution is 2.23. The molecule has 0 aliphatic heterocycles. The van der Waals surface area contributed by atoms with Gasteiger partial charge in [0.05, 0.1) is 16.9 Å². The molecule has 0 radical (unpaired) electrons. The first kappa shape index (κ1) is 18.1. The van der Waals surface area contributed by atoms with Crippen molar-refractivity contribution in [3.63, 3.8) is 0 Å². The number of rotatable bonds is 8. The average Bonchev–Trinajstić information content (AvgIpc) is 2.45. The first-order valence-electron chi connectivity index (χ1n) is 7.84. The molecule has 0 aromatic heterocycles. The van der Waals surface area contributed by atoms with Crippen molar-refractivity contribution in [1.82, 2.24) is 0 Å². The van der Waals surface area contributed by atoms with Gasteiger partial charge in [-0.15, -0.1) is 0 Å². The van der Waals surface area contributed by atoms with Crippen LogP contribution in [-0.2, 0) is 10.8 Å². The third-order valence-corrected chi connectivity index (χ3v) is 4.89. The van der Waals surface area contributed by atoms with Gasteiger partial charge in [0.1, 0.15) is 0 Å². The van der Waals surface area contributed by atoms with Gasteiger partial charge < -0.3 is 5.11 Å². The van der Waals surface area contributed by atoms with Crippen molar-refractivity contribution in [3.8, 4) is 0 Å². The van der Waals surface area contributed by atoms with Crippen LogP contribution in [0, 0.1) is 12.8 Å². The van der Waals surface area contributed by atoms with Crippen LogP contribution in [-0.4, -0.2) is 15.4 Å². The summed E-state index contributed by atoms with van der Waals surface area (Å²) in [4.78, 5) is 1.42. The highest BCUT2D eigenvalue weighted by molar-refractivity contribution is 7.89. The third-order valence-electron chi connectivity index (χ3n) is 3.36. The van der Waals surface area contributed by atoms with Crippen LogP contribution in [0.4, 0.5) is 0 Å². The minimum Gasteiger partial charge on any atom is -0.388 e. The standard InChI is InChI=1S/C18H28O2S/c1-5-6-7-8-17(19)18(13-14(2)3)21(20)16-11-9-15(4)10-12-16/h9-14,17,19H,5-8H2,1-4H3/b18-13+/t17-,21+/m1/s1. The molecule has 0 aliphatic rings. The summed E-state index contributed by atoms with van der Waals surface area (Å²) >= 11 is 0. The van der Waals surface area contributed by atoms with Gasteiger partial charge in [0.25, 0.3) is 0 Å². The summed E-state index contributed by atoms with van der Waals surface area (Å²) in [6.45, 7) is 8.25. The maximum atomic E-state index is 12.7. The van der Waals surface area contributed by atoms with Crippen molar-refractivity contribution < 1.29 is 9.32 Å². The van der Waals surface area contributed by atoms with E-state index in [9.17, 15) is 9.32 Å². The molecule has 0 saturated carbocycles. The second kappa shape index (κ2) is 9.16. The van der Waals surface area contributed by atoms with Crippen LogP contribution < -0.4 is 0 Å². The zero-order valence-corrected chi connectivity index (χ0v) is 14.5. The summed E-state index contributed by atoms with van der Waals surface area (Å²) < 4.78 is 12.7. The molecule has 3 heteroatoms. The lowest BCUT2D eigenvalue weighted by Crippen LogP contribution is -2.15. The minimum absolute atomic E-state index is 0.273. The van der Waals surface area contributed by atoms with E-state index in [1.807, 2.05) is 51.1 Å². The fourth-order valence-corrected chi connectivity index (χ4v) is 3.57. The van der Waals surface area contributed by atoms with Crippen LogP contribution in [0.2, 0.25) is 0 Å². The SMILES string of the molecule is CCCCC[C@@H](O)/C(=C\C(C)C)[S@@](=O)c1ccc(C)cc1. The molecule has 0 fully saturated rings. The Labute approximate surface area is 131 Å². The van der Waals surface area contributed by atoms with E-state index in [1.165, 1.54) is 0 Å². The van der Waals surface area contributed by atoms with Crippen LogP contribution in [0.5, 0.6) is 0 Å². The Kier molecular flexibility index (Phi) is 7.91. The highest BCUT2D eigenvalue weighted by atomic mass is 32.2. The molecule has 21 heavy (non-hydrogen) atoms. The van der Waals surface area contributed by atoms with Crippen molar-refractivity contribution in [2.24, 2.45) is 5.92 Å². The van der Waals surface area contributed by atoms with Gasteiger partial charge in [-0.05, 0) is 31.4 Å². The summed E-state index contributed by atoms with van der Waals surface area (Å²) in [5.41, 5.74) is 1.15. The molecule has 1 aromatic rings. The number of hydrogen-bond donors (Lipinski definition) is 1. The number of benzene rings is 1. The second-order valence-electron chi connectivity index (χ2n) is 5.91. The maximum Gasteiger partial charge on any atom is 0.0874 e. The first-order chi connectivity index (χ1) is 9.95. The maximum absolute atomic E-state index is 12.7. The molecule has 1 aromatic carbocycles. The highest BCUT2D eigenvalue weighted by Gasteiger charge is 2.19. The van der Waals surface area contributed by atoms with Crippen molar-refractivity contribution in [2.45, 2.75) is 64.4 Å². The van der Waals surface area contributed by atoms with E-state index in [0.717, 1.165) is 29.7 Å². The molecule has 1 rings (SSSR count). The number of aliphatic hydroxyl groups excluding tert-OH is 1. The molecule has 0 aliphatic carbocycles. The average molecular weight is 308 g/mol. The Morgan fingerprint density at radius 2 is 1.86 bits per heavy atom. The normalized spacial score (nSPS) is 15.2. The quantitative estimate of drug-likeness (QED) is 0.714. The summed E-state index contributed by atoms with van der Waals surface area (Å²) in [6.07, 6.45) is 5.22. The van der Waals surface area contributed by atoms with Gasteiger partial charge in [0.2, 0.25) is 0 Å². The summed E-state index contributed by atoms with van der Waals surface area (Å²) in [7, 11) is -1.27. The number of aryl methyl sites for hydroxylation is 1. The Balaban J connectivity index is 2.91. The molecule has 118 valence electrons. The fourth-order valence-electron chi connectivity index (χ4n) is 2.15. The zero-order valence-electron chi connectivity index (χ0n) is 13.6. The minimum atomic E-state index is -1.27. The number of aliphatic hydroxyl groups is 1. The molecule has 0 heterocycles. The molecular weight excluding hydrogens is 280 g/mol. The van der Waals surface area contributed by atoms with Crippen LogP contribution in [0.15, 0.2) is 40.1 Å². The number of allylic oxidation sites excluding steroid dienone is 1. The van der Waals surface area contributed by atoms with Gasteiger partial charge in [-0.1, -0.05) is 63.8 Å². The molecule has 2 atom stereocenters. The Hall–Kier alpha value is -0.930. The van der Waals surface area contributed by atoms with Crippen LogP contribution >= 0.6 is 0 Å². The Bertz CT molecular complexity index is 474. The molecule has 1 N–H and O–H groups in total. The van der Waals surface area contributed by atoms with Gasteiger partial charge in [-0.25, -0.2) is 4.21 Å². The Morgan fingerprint density at radius 1 is 1.24 bits per heavy atom. The molecule has 0 unspecified atom stereocenters. The van der Waals surface area contributed by atoms with Crippen molar-refractivity contribution in [1.29, 1.82) is 0 Å². The summed E-state index contributed by atoms with van der Waals surface area (Å²) in [6, 6.07) is 7.70. The molecule has 0 amide bonds. The van der Waals surface area contributed by atoms with E-state index in [-0.39, 0.29) is 5.92 Å². The summed E-state index contributed by atoms with van der Waals surface area (Å²) in [5, 5.41) is 10.4. The number of hydrogen-bond acceptors (Lipinski definition) is 2. The van der Waals surface area contributed by atoms with E-state index in [0.29, 0.717) is 11.3 Å². The molecular formula is C18H28O2S. The van der Waals surface area contributed by atoms with Gasteiger partial charge in [0.15, 0.2) is 0 Å².